The van der Waals surface area contributed by atoms with Crippen LogP contribution >= 0.6 is 0 Å². The van der Waals surface area contributed by atoms with Gasteiger partial charge in [-0.2, -0.15) is 0 Å². The Hall–Kier alpha value is -4.08. The molecule has 0 aliphatic heterocycles. The Morgan fingerprint density at radius 1 is 1.12 bits per heavy atom. The number of amides is 1. The van der Waals surface area contributed by atoms with Crippen molar-refractivity contribution in [3.63, 3.8) is 0 Å². The highest BCUT2D eigenvalue weighted by atomic mass is 19.1. The minimum absolute atomic E-state index is 0.0446. The molecule has 2 aromatic heterocycles. The van der Waals surface area contributed by atoms with E-state index in [4.69, 9.17) is 16.7 Å². The van der Waals surface area contributed by atoms with Gasteiger partial charge in [0.1, 0.15) is 5.82 Å². The second-order valence-corrected chi connectivity index (χ2v) is 7.44. The summed E-state index contributed by atoms with van der Waals surface area (Å²) in [6.07, 6.45) is 1.74. The van der Waals surface area contributed by atoms with Crippen molar-refractivity contribution in [1.82, 2.24) is 15.3 Å². The lowest BCUT2D eigenvalue weighted by molar-refractivity contribution is 0.0940. The predicted molar refractivity (Wildman–Crippen MR) is 126 cm³/mol. The summed E-state index contributed by atoms with van der Waals surface area (Å²) in [6, 6.07) is 17.2. The zero-order valence-corrected chi connectivity index (χ0v) is 17.7. The van der Waals surface area contributed by atoms with Crippen LogP contribution in [0.2, 0.25) is 0 Å². The number of nitrogens with one attached hydrogen (secondary N) is 1. The van der Waals surface area contributed by atoms with Crippen molar-refractivity contribution in [3.8, 4) is 11.3 Å². The summed E-state index contributed by atoms with van der Waals surface area (Å²) < 4.78 is 14.6. The molecule has 4 aromatic rings. The quantitative estimate of drug-likeness (QED) is 0.254. The summed E-state index contributed by atoms with van der Waals surface area (Å²) >= 11 is 0. The van der Waals surface area contributed by atoms with E-state index in [2.05, 4.69) is 15.3 Å². The molecule has 0 radical (unpaired) electrons. The number of aliphatic hydroxyl groups excluding tert-OH is 1. The van der Waals surface area contributed by atoms with Crippen molar-refractivity contribution in [2.45, 2.75) is 6.54 Å². The molecule has 4 rings (SSSR count). The van der Waals surface area contributed by atoms with Gasteiger partial charge in [-0.25, -0.2) is 15.2 Å². The number of benzene rings is 2. The van der Waals surface area contributed by atoms with Crippen LogP contribution in [0.4, 0.5) is 15.9 Å². The Bertz CT molecular complexity index is 1310. The van der Waals surface area contributed by atoms with Crippen molar-refractivity contribution in [2.24, 2.45) is 5.84 Å². The minimum atomic E-state index is -0.697. The van der Waals surface area contributed by atoms with Crippen LogP contribution in [0.25, 0.3) is 22.2 Å². The third kappa shape index (κ3) is 4.89. The number of aliphatic hydroxyl groups is 1. The van der Waals surface area contributed by atoms with Crippen LogP contribution in [0, 0.1) is 5.82 Å². The maximum absolute atomic E-state index is 14.6. The fourth-order valence-corrected chi connectivity index (χ4v) is 3.47. The van der Waals surface area contributed by atoms with Gasteiger partial charge in [0, 0.05) is 23.7 Å². The third-order valence-electron chi connectivity index (χ3n) is 5.10. The molecule has 8 nitrogen and oxygen atoms in total. The van der Waals surface area contributed by atoms with Crippen LogP contribution in [-0.2, 0) is 6.54 Å². The topological polar surface area (TPSA) is 130 Å². The van der Waals surface area contributed by atoms with Crippen LogP contribution in [0.15, 0.2) is 66.9 Å². The summed E-state index contributed by atoms with van der Waals surface area (Å²) in [4.78, 5) is 20.8. The molecule has 0 aliphatic rings. The van der Waals surface area contributed by atoms with Gasteiger partial charge in [-0.3, -0.25) is 14.8 Å². The number of nitrogens with two attached hydrogens (primary N) is 2. The van der Waals surface area contributed by atoms with E-state index in [1.165, 1.54) is 17.1 Å². The van der Waals surface area contributed by atoms with Crippen LogP contribution < -0.4 is 21.9 Å². The molecule has 2 aromatic carbocycles. The Morgan fingerprint density at radius 3 is 2.76 bits per heavy atom. The van der Waals surface area contributed by atoms with Crippen molar-refractivity contribution in [2.75, 3.05) is 23.9 Å². The average Bonchev–Trinajstić information content (AvgIpc) is 2.82. The molecule has 9 heteroatoms. The molecule has 168 valence electrons. The predicted octanol–water partition coefficient (Wildman–Crippen LogP) is 2.62. The number of rotatable bonds is 7. The van der Waals surface area contributed by atoms with Gasteiger partial charge in [-0.1, -0.05) is 18.2 Å². The molecule has 0 saturated heterocycles. The maximum atomic E-state index is 14.6. The summed E-state index contributed by atoms with van der Waals surface area (Å²) in [7, 11) is 0. The highest BCUT2D eigenvalue weighted by Gasteiger charge is 2.15. The average molecular weight is 446 g/mol. The van der Waals surface area contributed by atoms with Gasteiger partial charge in [-0.15, -0.1) is 0 Å². The Labute approximate surface area is 189 Å². The summed E-state index contributed by atoms with van der Waals surface area (Å²) in [5.74, 6) is 5.34. The number of aromatic nitrogens is 2. The number of hydrogen-bond acceptors (Lipinski definition) is 7. The molecule has 0 atom stereocenters. The molecule has 2 heterocycles. The summed E-state index contributed by atoms with van der Waals surface area (Å²) in [5.41, 5.74) is 9.14. The van der Waals surface area contributed by atoms with Gasteiger partial charge in [0.2, 0.25) is 0 Å². The first-order valence-corrected chi connectivity index (χ1v) is 10.3. The van der Waals surface area contributed by atoms with Crippen LogP contribution in [-0.4, -0.2) is 34.1 Å². The van der Waals surface area contributed by atoms with Crippen molar-refractivity contribution in [1.29, 1.82) is 0 Å². The van der Waals surface area contributed by atoms with Crippen molar-refractivity contribution in [3.05, 3.63) is 83.8 Å². The Balaban J connectivity index is 1.58. The van der Waals surface area contributed by atoms with Gasteiger partial charge < -0.3 is 16.2 Å². The standard InChI is InChI=1S/C24H23FN6O2/c25-19-13-17(4-5-18(19)24(33)29-10-11-32)22-8-6-20(26)23(30-22)31(27)14-15-3-7-21-16(12-15)2-1-9-28-21/h1-9,12-13,32H,10-11,14,26-27H2,(H,29,33). The van der Waals surface area contributed by atoms with Gasteiger partial charge in [0.15, 0.2) is 5.82 Å². The van der Waals surface area contributed by atoms with Crippen molar-refractivity contribution < 1.29 is 14.3 Å². The molecular weight excluding hydrogens is 423 g/mol. The van der Waals surface area contributed by atoms with E-state index < -0.39 is 11.7 Å². The fourth-order valence-electron chi connectivity index (χ4n) is 3.47. The lowest BCUT2D eigenvalue weighted by Crippen LogP contribution is -2.31. The van der Waals surface area contributed by atoms with Crippen LogP contribution in [0.1, 0.15) is 15.9 Å². The molecule has 6 N–H and O–H groups in total. The SMILES string of the molecule is Nc1ccc(-c2ccc(C(=O)NCCO)c(F)c2)nc1N(N)Cc1ccc2ncccc2c1. The highest BCUT2D eigenvalue weighted by Crippen LogP contribution is 2.27. The smallest absolute Gasteiger partial charge is 0.254 e. The number of carbonyl (C=O) groups excluding carboxylic acids is 1. The van der Waals surface area contributed by atoms with E-state index in [1.807, 2.05) is 30.3 Å². The number of hydrazine groups is 1. The van der Waals surface area contributed by atoms with E-state index in [9.17, 15) is 9.18 Å². The number of anilines is 2. The third-order valence-corrected chi connectivity index (χ3v) is 5.10. The normalized spacial score (nSPS) is 10.9. The van der Waals surface area contributed by atoms with Crippen molar-refractivity contribution >= 4 is 28.3 Å². The number of halogens is 1. The number of nitrogen functional groups attached to an aromatic ring is 1. The van der Waals surface area contributed by atoms with E-state index in [-0.39, 0.29) is 18.7 Å². The second kappa shape index (κ2) is 9.60. The largest absolute Gasteiger partial charge is 0.396 e. The lowest BCUT2D eigenvalue weighted by atomic mass is 10.1. The number of nitrogens with zero attached hydrogens (tertiary/aromatic N) is 3. The lowest BCUT2D eigenvalue weighted by Gasteiger charge is -2.20. The van der Waals surface area contributed by atoms with Crippen LogP contribution in [0.5, 0.6) is 0 Å². The maximum Gasteiger partial charge on any atom is 0.254 e. The Kier molecular flexibility index (Phi) is 6.43. The fraction of sp³-hybridized carbons (Fsp3) is 0.125. The second-order valence-electron chi connectivity index (χ2n) is 7.44. The first-order valence-electron chi connectivity index (χ1n) is 10.3. The first-order chi connectivity index (χ1) is 16.0. The van der Waals surface area contributed by atoms with E-state index in [0.29, 0.717) is 29.3 Å². The van der Waals surface area contributed by atoms with Gasteiger partial charge in [0.05, 0.1) is 35.6 Å². The number of hydrogen-bond donors (Lipinski definition) is 4. The van der Waals surface area contributed by atoms with Crippen LogP contribution in [0.3, 0.4) is 0 Å². The number of carbonyl (C=O) groups is 1. The molecule has 0 saturated carbocycles. The molecule has 0 spiro atoms. The number of fused-ring (bicyclic) bond motifs is 1. The zero-order chi connectivity index (χ0) is 23.4. The minimum Gasteiger partial charge on any atom is -0.396 e. The molecule has 0 aliphatic carbocycles. The molecule has 0 bridgehead atoms. The van der Waals surface area contributed by atoms with E-state index >= 15 is 0 Å². The number of pyridine rings is 2. The molecule has 1 amide bonds. The Morgan fingerprint density at radius 2 is 1.97 bits per heavy atom. The monoisotopic (exact) mass is 446 g/mol. The van der Waals surface area contributed by atoms with Gasteiger partial charge >= 0.3 is 0 Å². The van der Waals surface area contributed by atoms with Gasteiger partial charge in [0.25, 0.3) is 5.91 Å². The van der Waals surface area contributed by atoms with E-state index in [0.717, 1.165) is 16.5 Å². The molecule has 33 heavy (non-hydrogen) atoms. The molecular formula is C24H23FN6O2. The zero-order valence-electron chi connectivity index (χ0n) is 17.7. The summed E-state index contributed by atoms with van der Waals surface area (Å²) in [6.45, 7) is 0.169. The molecule has 0 fully saturated rings. The first kappa shape index (κ1) is 22.1. The highest BCUT2D eigenvalue weighted by molar-refractivity contribution is 5.95. The van der Waals surface area contributed by atoms with Gasteiger partial charge in [-0.05, 0) is 48.0 Å². The molecule has 0 unspecified atom stereocenters. The summed E-state index contributed by atoms with van der Waals surface area (Å²) in [5, 5.41) is 13.7. The van der Waals surface area contributed by atoms with E-state index in [1.54, 1.807) is 24.4 Å².